The Bertz CT molecular complexity index is 552. The van der Waals surface area contributed by atoms with Crippen molar-refractivity contribution in [2.24, 2.45) is 0 Å². The van der Waals surface area contributed by atoms with E-state index in [1.807, 2.05) is 30.3 Å². The molecule has 0 aromatic heterocycles. The molecule has 2 nitrogen and oxygen atoms in total. The lowest BCUT2D eigenvalue weighted by Crippen LogP contribution is -2.23. The number of halogens is 3. The first kappa shape index (κ1) is 15.4. The van der Waals surface area contributed by atoms with E-state index in [0.717, 1.165) is 0 Å². The second-order valence-corrected chi connectivity index (χ2v) is 4.64. The molecule has 0 spiro atoms. The third-order valence-electron chi connectivity index (χ3n) is 3.05. The number of hydrogen-bond donors (Lipinski definition) is 1. The minimum atomic E-state index is -4.20. The zero-order valence-electron chi connectivity index (χ0n) is 11.5. The third kappa shape index (κ3) is 4.79. The molecule has 2 aromatic carbocycles. The molecule has 5 heteroatoms. The van der Waals surface area contributed by atoms with Crippen molar-refractivity contribution in [1.82, 2.24) is 5.32 Å². The van der Waals surface area contributed by atoms with Crippen molar-refractivity contribution in [1.29, 1.82) is 0 Å². The lowest BCUT2D eigenvalue weighted by Gasteiger charge is -2.18. The summed E-state index contributed by atoms with van der Waals surface area (Å²) in [4.78, 5) is 0. The molecule has 21 heavy (non-hydrogen) atoms. The van der Waals surface area contributed by atoms with Gasteiger partial charge in [0.05, 0.1) is 6.42 Å². The van der Waals surface area contributed by atoms with E-state index in [1.54, 1.807) is 24.3 Å². The molecule has 1 N–H and O–H groups in total. The molecule has 0 aliphatic heterocycles. The molecule has 0 heterocycles. The highest BCUT2D eigenvalue weighted by atomic mass is 19.4. The van der Waals surface area contributed by atoms with Crippen LogP contribution in [-0.2, 0) is 0 Å². The molecule has 1 unspecified atom stereocenters. The van der Waals surface area contributed by atoms with Crippen molar-refractivity contribution >= 4 is 0 Å². The number of ether oxygens (including phenoxy) is 1. The zero-order valence-corrected chi connectivity index (χ0v) is 11.5. The first-order valence-electron chi connectivity index (χ1n) is 6.55. The fraction of sp³-hybridized carbons (Fsp3) is 0.250. The Morgan fingerprint density at radius 2 is 1.52 bits per heavy atom. The van der Waals surface area contributed by atoms with Crippen LogP contribution in [-0.4, -0.2) is 13.2 Å². The van der Waals surface area contributed by atoms with E-state index < -0.39 is 18.6 Å². The van der Waals surface area contributed by atoms with Crippen molar-refractivity contribution in [3.63, 3.8) is 0 Å². The van der Waals surface area contributed by atoms with Crippen LogP contribution in [0.3, 0.4) is 0 Å². The van der Waals surface area contributed by atoms with Gasteiger partial charge in [0.2, 0.25) is 0 Å². The summed E-state index contributed by atoms with van der Waals surface area (Å²) in [5.41, 5.74) is 0.579. The molecule has 2 rings (SSSR count). The van der Waals surface area contributed by atoms with Gasteiger partial charge in [-0.3, -0.25) is 0 Å². The molecule has 1 atom stereocenters. The summed E-state index contributed by atoms with van der Waals surface area (Å²) in [5.74, 6) is 1.28. The smallest absolute Gasteiger partial charge is 0.390 e. The van der Waals surface area contributed by atoms with Gasteiger partial charge >= 0.3 is 6.18 Å². The summed E-state index contributed by atoms with van der Waals surface area (Å²) in [7, 11) is 1.52. The van der Waals surface area contributed by atoms with Gasteiger partial charge in [0, 0.05) is 6.04 Å². The molecule has 0 aliphatic rings. The van der Waals surface area contributed by atoms with Gasteiger partial charge in [-0.05, 0) is 36.9 Å². The lowest BCUT2D eigenvalue weighted by atomic mass is 10.0. The van der Waals surface area contributed by atoms with E-state index in [4.69, 9.17) is 4.74 Å². The van der Waals surface area contributed by atoms with Crippen LogP contribution in [0.4, 0.5) is 13.2 Å². The fourth-order valence-electron chi connectivity index (χ4n) is 2.01. The Kier molecular flexibility index (Phi) is 4.85. The minimum Gasteiger partial charge on any atom is -0.457 e. The first-order chi connectivity index (χ1) is 9.98. The Labute approximate surface area is 121 Å². The van der Waals surface area contributed by atoms with Crippen LogP contribution in [0.1, 0.15) is 18.0 Å². The van der Waals surface area contributed by atoms with Gasteiger partial charge in [-0.2, -0.15) is 13.2 Å². The van der Waals surface area contributed by atoms with E-state index in [-0.39, 0.29) is 0 Å². The maximum Gasteiger partial charge on any atom is 0.390 e. The van der Waals surface area contributed by atoms with Gasteiger partial charge in [-0.15, -0.1) is 0 Å². The van der Waals surface area contributed by atoms with Gasteiger partial charge in [-0.1, -0.05) is 30.3 Å². The summed E-state index contributed by atoms with van der Waals surface area (Å²) < 4.78 is 43.0. The van der Waals surface area contributed by atoms with Crippen LogP contribution in [0.5, 0.6) is 11.5 Å². The summed E-state index contributed by atoms with van der Waals surface area (Å²) >= 11 is 0. The normalized spacial score (nSPS) is 13.0. The van der Waals surface area contributed by atoms with Crippen LogP contribution >= 0.6 is 0 Å². The van der Waals surface area contributed by atoms with Crippen molar-refractivity contribution < 1.29 is 17.9 Å². The fourth-order valence-corrected chi connectivity index (χ4v) is 2.01. The first-order valence-corrected chi connectivity index (χ1v) is 6.55. The zero-order chi connectivity index (χ0) is 15.3. The monoisotopic (exact) mass is 295 g/mol. The lowest BCUT2D eigenvalue weighted by molar-refractivity contribution is -0.140. The number of rotatable bonds is 5. The third-order valence-corrected chi connectivity index (χ3v) is 3.05. The Hall–Kier alpha value is -2.01. The van der Waals surface area contributed by atoms with Crippen LogP contribution < -0.4 is 10.1 Å². The predicted molar refractivity (Wildman–Crippen MR) is 75.4 cm³/mol. The molecule has 0 saturated carbocycles. The molecular formula is C16H16F3NO. The van der Waals surface area contributed by atoms with Crippen LogP contribution in [0.25, 0.3) is 0 Å². The average molecular weight is 295 g/mol. The summed E-state index contributed by atoms with van der Waals surface area (Å²) in [6, 6.07) is 15.1. The van der Waals surface area contributed by atoms with Crippen molar-refractivity contribution in [2.75, 3.05) is 7.05 Å². The van der Waals surface area contributed by atoms with E-state index in [0.29, 0.717) is 17.1 Å². The number of hydrogen-bond acceptors (Lipinski definition) is 2. The standard InChI is InChI=1S/C16H16F3NO/c1-20-15(11-16(17,18)19)12-7-9-14(10-8-12)21-13-5-3-2-4-6-13/h2-10,15,20H,11H2,1H3. The van der Waals surface area contributed by atoms with Gasteiger partial charge in [-0.25, -0.2) is 0 Å². The van der Waals surface area contributed by atoms with Gasteiger partial charge in [0.1, 0.15) is 11.5 Å². The predicted octanol–water partition coefficient (Wildman–Crippen LogP) is 4.69. The summed E-state index contributed by atoms with van der Waals surface area (Å²) in [6.45, 7) is 0. The van der Waals surface area contributed by atoms with Crippen molar-refractivity contribution in [3.05, 3.63) is 60.2 Å². The second kappa shape index (κ2) is 6.63. The van der Waals surface area contributed by atoms with E-state index >= 15 is 0 Å². The quantitative estimate of drug-likeness (QED) is 0.864. The SMILES string of the molecule is CNC(CC(F)(F)F)c1ccc(Oc2ccccc2)cc1. The molecule has 0 aliphatic carbocycles. The number of nitrogens with one attached hydrogen (secondary N) is 1. The second-order valence-electron chi connectivity index (χ2n) is 4.64. The topological polar surface area (TPSA) is 21.3 Å². The van der Waals surface area contributed by atoms with Gasteiger partial charge in [0.15, 0.2) is 0 Å². The van der Waals surface area contributed by atoms with Crippen molar-refractivity contribution in [2.45, 2.75) is 18.6 Å². The molecule has 0 amide bonds. The number of alkyl halides is 3. The largest absolute Gasteiger partial charge is 0.457 e. The number of benzene rings is 2. The Morgan fingerprint density at radius 3 is 2.05 bits per heavy atom. The summed E-state index contributed by atoms with van der Waals surface area (Å²) in [6.07, 6.45) is -5.10. The van der Waals surface area contributed by atoms with E-state index in [1.165, 1.54) is 7.05 Å². The highest BCUT2D eigenvalue weighted by molar-refractivity contribution is 5.34. The minimum absolute atomic E-state index is 0.579. The number of para-hydroxylation sites is 1. The van der Waals surface area contributed by atoms with Gasteiger partial charge < -0.3 is 10.1 Å². The highest BCUT2D eigenvalue weighted by Gasteiger charge is 2.31. The molecule has 2 aromatic rings. The van der Waals surface area contributed by atoms with Gasteiger partial charge in [0.25, 0.3) is 0 Å². The molecular weight excluding hydrogens is 279 g/mol. The Balaban J connectivity index is 2.07. The maximum absolute atomic E-state index is 12.5. The summed E-state index contributed by atoms with van der Waals surface area (Å²) in [5, 5.41) is 2.68. The molecule has 112 valence electrons. The van der Waals surface area contributed by atoms with E-state index in [9.17, 15) is 13.2 Å². The van der Waals surface area contributed by atoms with Crippen molar-refractivity contribution in [3.8, 4) is 11.5 Å². The molecule has 0 bridgehead atoms. The van der Waals surface area contributed by atoms with E-state index in [2.05, 4.69) is 5.32 Å². The maximum atomic E-state index is 12.5. The van der Waals surface area contributed by atoms with Crippen LogP contribution in [0.15, 0.2) is 54.6 Å². The molecule has 0 radical (unpaired) electrons. The van der Waals surface area contributed by atoms with Crippen LogP contribution in [0.2, 0.25) is 0 Å². The Morgan fingerprint density at radius 1 is 0.952 bits per heavy atom. The average Bonchev–Trinajstić information content (AvgIpc) is 2.46. The van der Waals surface area contributed by atoms with Crippen LogP contribution in [0, 0.1) is 0 Å². The highest BCUT2D eigenvalue weighted by Crippen LogP contribution is 2.30. The molecule has 0 saturated heterocycles. The molecule has 0 fully saturated rings.